The number of amides is 1. The molecule has 140 valence electrons. The van der Waals surface area contributed by atoms with Crippen molar-refractivity contribution >= 4 is 11.9 Å². The normalized spacial score (nSPS) is 35.5. The second-order valence-corrected chi connectivity index (χ2v) is 7.70. The van der Waals surface area contributed by atoms with Gasteiger partial charge in [0.05, 0.1) is 0 Å². The van der Waals surface area contributed by atoms with Crippen LogP contribution in [0.25, 0.3) is 0 Å². The molecule has 7 heteroatoms. The number of hydrogen-bond donors (Lipinski definition) is 3. The number of benzene rings is 1. The summed E-state index contributed by atoms with van der Waals surface area (Å²) in [7, 11) is 0. The van der Waals surface area contributed by atoms with Gasteiger partial charge in [-0.2, -0.15) is 0 Å². The summed E-state index contributed by atoms with van der Waals surface area (Å²) in [5.41, 5.74) is 6.09. The fourth-order valence-electron chi connectivity index (χ4n) is 4.65. The number of fused-ring (bicyclic) bond motifs is 3. The Labute approximate surface area is 152 Å². The summed E-state index contributed by atoms with van der Waals surface area (Å²) >= 11 is 0. The van der Waals surface area contributed by atoms with Crippen molar-refractivity contribution in [3.05, 3.63) is 29.8 Å². The van der Waals surface area contributed by atoms with Gasteiger partial charge in [-0.3, -0.25) is 15.0 Å². The first-order chi connectivity index (χ1) is 12.5. The number of carboxylic acid groups (broad SMARTS) is 1. The van der Waals surface area contributed by atoms with Crippen molar-refractivity contribution in [2.24, 2.45) is 11.3 Å². The van der Waals surface area contributed by atoms with Crippen LogP contribution in [0.2, 0.25) is 0 Å². The Balaban J connectivity index is 1.62. The number of hydrogen-bond acceptors (Lipinski definition) is 5. The maximum Gasteiger partial charge on any atom is 0.315 e. The van der Waals surface area contributed by atoms with E-state index in [2.05, 4.69) is 24.7 Å². The molecule has 0 radical (unpaired) electrons. The Morgan fingerprint density at radius 1 is 1.35 bits per heavy atom. The molecule has 3 N–H and O–H groups in total. The molecule has 5 atom stereocenters. The van der Waals surface area contributed by atoms with E-state index in [1.165, 1.54) is 0 Å². The second kappa shape index (κ2) is 6.25. The van der Waals surface area contributed by atoms with Crippen molar-refractivity contribution < 1.29 is 19.4 Å². The molecule has 1 aromatic rings. The number of nitrogens with one attached hydrogen (secondary N) is 2. The number of likely N-dealkylation sites (tertiary alicyclic amines) is 1. The van der Waals surface area contributed by atoms with E-state index in [0.717, 1.165) is 17.7 Å². The van der Waals surface area contributed by atoms with Crippen LogP contribution < -0.4 is 15.6 Å². The lowest BCUT2D eigenvalue weighted by Gasteiger charge is -2.35. The Hall–Kier alpha value is -2.12. The molecule has 3 aliphatic heterocycles. The fraction of sp³-hybridized carbons (Fsp3) is 0.579. The molecule has 1 amide bonds. The first-order valence-corrected chi connectivity index (χ1v) is 9.23. The van der Waals surface area contributed by atoms with Gasteiger partial charge in [0, 0.05) is 30.6 Å². The van der Waals surface area contributed by atoms with E-state index in [1.54, 1.807) is 4.90 Å². The predicted octanol–water partition coefficient (Wildman–Crippen LogP) is 0.967. The maximum absolute atomic E-state index is 13.1. The second-order valence-electron chi connectivity index (χ2n) is 7.70. The topological polar surface area (TPSA) is 90.9 Å². The van der Waals surface area contributed by atoms with E-state index >= 15 is 0 Å². The zero-order chi connectivity index (χ0) is 18.5. The number of aliphatic carboxylic acids is 1. The van der Waals surface area contributed by atoms with Crippen LogP contribution in [0.5, 0.6) is 5.75 Å². The molecule has 2 fully saturated rings. The lowest BCUT2D eigenvalue weighted by atomic mass is 9.73. The quantitative estimate of drug-likeness (QED) is 0.745. The van der Waals surface area contributed by atoms with Crippen LogP contribution in [-0.2, 0) is 9.59 Å². The highest BCUT2D eigenvalue weighted by molar-refractivity contribution is 5.86. The molecule has 2 saturated heterocycles. The number of ether oxygens (including phenoxy) is 1. The summed E-state index contributed by atoms with van der Waals surface area (Å²) < 4.78 is 5.76. The van der Waals surface area contributed by atoms with Crippen LogP contribution in [0.4, 0.5) is 0 Å². The van der Waals surface area contributed by atoms with Gasteiger partial charge in [0.1, 0.15) is 23.8 Å². The highest BCUT2D eigenvalue weighted by Crippen LogP contribution is 2.49. The van der Waals surface area contributed by atoms with Gasteiger partial charge in [0.2, 0.25) is 5.91 Å². The largest absolute Gasteiger partial charge is 0.492 e. The summed E-state index contributed by atoms with van der Waals surface area (Å²) in [6.07, 6.45) is 0.931. The smallest absolute Gasteiger partial charge is 0.315 e. The zero-order valence-electron chi connectivity index (χ0n) is 15.1. The number of carbonyl (C=O) groups is 2. The lowest BCUT2D eigenvalue weighted by Crippen LogP contribution is -2.49. The molecule has 3 heterocycles. The third kappa shape index (κ3) is 2.41. The number of hydrazine groups is 1. The van der Waals surface area contributed by atoms with Crippen LogP contribution in [0.15, 0.2) is 24.3 Å². The van der Waals surface area contributed by atoms with Crippen LogP contribution in [-0.4, -0.2) is 53.7 Å². The summed E-state index contributed by atoms with van der Waals surface area (Å²) in [6.45, 7) is 4.82. The van der Waals surface area contributed by atoms with Gasteiger partial charge in [0.25, 0.3) is 0 Å². The number of carboxylic acids is 1. The van der Waals surface area contributed by atoms with Crippen LogP contribution in [0.3, 0.4) is 0 Å². The van der Waals surface area contributed by atoms with Crippen molar-refractivity contribution in [2.45, 2.75) is 38.3 Å². The molecule has 0 aromatic heterocycles. The van der Waals surface area contributed by atoms with E-state index < -0.39 is 11.4 Å². The Bertz CT molecular complexity index is 739. The SMILES string of the molecule is CCC1NNC(C(=O)N2C[C@@H]3c4ccccc4OC[C@]3(C(=O)O)C2)C1C. The lowest BCUT2D eigenvalue weighted by molar-refractivity contribution is -0.152. The highest BCUT2D eigenvalue weighted by atomic mass is 16.5. The minimum atomic E-state index is -1.08. The van der Waals surface area contributed by atoms with Gasteiger partial charge in [-0.05, 0) is 18.4 Å². The molecule has 26 heavy (non-hydrogen) atoms. The number of nitrogens with zero attached hydrogens (tertiary/aromatic N) is 1. The Morgan fingerprint density at radius 2 is 2.12 bits per heavy atom. The van der Waals surface area contributed by atoms with E-state index in [9.17, 15) is 14.7 Å². The van der Waals surface area contributed by atoms with Crippen molar-refractivity contribution in [1.29, 1.82) is 0 Å². The van der Waals surface area contributed by atoms with Gasteiger partial charge < -0.3 is 14.7 Å². The molecule has 3 aliphatic rings. The summed E-state index contributed by atoms with van der Waals surface area (Å²) in [4.78, 5) is 27.0. The standard InChI is InChI=1S/C19H25N3O4/c1-3-14-11(2)16(21-20-14)17(23)22-8-13-12-6-4-5-7-15(12)26-10-19(13,9-22)18(24)25/h4-7,11,13-14,16,20-21H,3,8-10H2,1-2H3,(H,24,25)/t11?,13-,14?,16?,19-/m1/s1. The van der Waals surface area contributed by atoms with Gasteiger partial charge in [-0.1, -0.05) is 32.0 Å². The summed E-state index contributed by atoms with van der Waals surface area (Å²) in [5.74, 6) is -0.304. The van der Waals surface area contributed by atoms with Crippen molar-refractivity contribution in [1.82, 2.24) is 15.8 Å². The monoisotopic (exact) mass is 359 g/mol. The van der Waals surface area contributed by atoms with Crippen LogP contribution in [0.1, 0.15) is 31.7 Å². The van der Waals surface area contributed by atoms with Gasteiger partial charge in [-0.15, -0.1) is 0 Å². The molecule has 7 nitrogen and oxygen atoms in total. The molecule has 0 bridgehead atoms. The average molecular weight is 359 g/mol. The van der Waals surface area contributed by atoms with Crippen molar-refractivity contribution in [3.8, 4) is 5.75 Å². The molecule has 0 aliphatic carbocycles. The average Bonchev–Trinajstić information content (AvgIpc) is 3.22. The van der Waals surface area contributed by atoms with E-state index in [-0.39, 0.29) is 43.0 Å². The predicted molar refractivity (Wildman–Crippen MR) is 94.6 cm³/mol. The van der Waals surface area contributed by atoms with Gasteiger partial charge in [0.15, 0.2) is 0 Å². The van der Waals surface area contributed by atoms with E-state index in [4.69, 9.17) is 4.74 Å². The van der Waals surface area contributed by atoms with Gasteiger partial charge in [-0.25, -0.2) is 5.43 Å². The summed E-state index contributed by atoms with van der Waals surface area (Å²) in [6, 6.07) is 7.46. The molecule has 4 rings (SSSR count). The summed E-state index contributed by atoms with van der Waals surface area (Å²) in [5, 5.41) is 9.98. The maximum atomic E-state index is 13.1. The fourth-order valence-corrected chi connectivity index (χ4v) is 4.65. The first kappa shape index (κ1) is 17.3. The van der Waals surface area contributed by atoms with E-state index in [0.29, 0.717) is 6.54 Å². The molecular formula is C19H25N3O4. The number of rotatable bonds is 3. The van der Waals surface area contributed by atoms with E-state index in [1.807, 2.05) is 24.3 Å². The zero-order valence-corrected chi connectivity index (χ0v) is 15.1. The molecule has 3 unspecified atom stereocenters. The van der Waals surface area contributed by atoms with Crippen molar-refractivity contribution in [3.63, 3.8) is 0 Å². The minimum Gasteiger partial charge on any atom is -0.492 e. The minimum absolute atomic E-state index is 0.0338. The number of carbonyl (C=O) groups excluding carboxylic acids is 1. The third-order valence-electron chi connectivity index (χ3n) is 6.35. The molecule has 1 aromatic carbocycles. The Kier molecular flexibility index (Phi) is 4.16. The van der Waals surface area contributed by atoms with Crippen LogP contribution >= 0.6 is 0 Å². The van der Waals surface area contributed by atoms with Crippen LogP contribution in [0, 0.1) is 11.3 Å². The molecule has 0 saturated carbocycles. The number of para-hydroxylation sites is 1. The molecular weight excluding hydrogens is 334 g/mol. The molecule has 0 spiro atoms. The highest BCUT2D eigenvalue weighted by Gasteiger charge is 2.58. The third-order valence-corrected chi connectivity index (χ3v) is 6.35. The Morgan fingerprint density at radius 3 is 2.81 bits per heavy atom. The van der Waals surface area contributed by atoms with Crippen molar-refractivity contribution in [2.75, 3.05) is 19.7 Å². The first-order valence-electron chi connectivity index (χ1n) is 9.23. The van der Waals surface area contributed by atoms with Gasteiger partial charge >= 0.3 is 5.97 Å².